The van der Waals surface area contributed by atoms with Crippen molar-refractivity contribution in [2.24, 2.45) is 0 Å². The Kier molecular flexibility index (Phi) is 9.21. The summed E-state index contributed by atoms with van der Waals surface area (Å²) in [6.45, 7) is 3.00. The highest BCUT2D eigenvalue weighted by atomic mass is 35.5. The molecule has 8 nitrogen and oxygen atoms in total. The van der Waals surface area contributed by atoms with Crippen molar-refractivity contribution >= 4 is 39.3 Å². The van der Waals surface area contributed by atoms with Crippen LogP contribution in [0.2, 0.25) is 5.02 Å². The van der Waals surface area contributed by atoms with E-state index in [1.54, 1.807) is 38.1 Å². The second kappa shape index (κ2) is 11.4. The SMILES string of the molecule is CCNC(=O)C(C)N(Cc1ccc(Cl)cc1)C(=O)CN(c1ccccc1F)S(=O)(=O)N(C)C. The van der Waals surface area contributed by atoms with Gasteiger partial charge < -0.3 is 10.2 Å². The summed E-state index contributed by atoms with van der Waals surface area (Å²) in [4.78, 5) is 27.2. The molecule has 1 N–H and O–H groups in total. The van der Waals surface area contributed by atoms with E-state index in [4.69, 9.17) is 11.6 Å². The lowest BCUT2D eigenvalue weighted by molar-refractivity contribution is -0.139. The molecule has 0 spiro atoms. The number of rotatable bonds is 10. The van der Waals surface area contributed by atoms with Gasteiger partial charge in [0.25, 0.3) is 0 Å². The van der Waals surface area contributed by atoms with Crippen LogP contribution in [0.15, 0.2) is 48.5 Å². The van der Waals surface area contributed by atoms with Gasteiger partial charge in [-0.2, -0.15) is 12.7 Å². The van der Waals surface area contributed by atoms with Crippen LogP contribution in [0.4, 0.5) is 10.1 Å². The molecule has 2 aromatic carbocycles. The van der Waals surface area contributed by atoms with E-state index in [9.17, 15) is 22.4 Å². The maximum atomic E-state index is 14.5. The van der Waals surface area contributed by atoms with E-state index in [0.717, 1.165) is 10.4 Å². The quantitative estimate of drug-likeness (QED) is 0.545. The van der Waals surface area contributed by atoms with Crippen LogP contribution >= 0.6 is 11.6 Å². The lowest BCUT2D eigenvalue weighted by Gasteiger charge is -2.32. The second-order valence-corrected chi connectivity index (χ2v) is 9.97. The maximum Gasteiger partial charge on any atom is 0.304 e. The van der Waals surface area contributed by atoms with Crippen LogP contribution in [-0.4, -0.2) is 62.7 Å². The third-order valence-electron chi connectivity index (χ3n) is 4.92. The highest BCUT2D eigenvalue weighted by Crippen LogP contribution is 2.24. The van der Waals surface area contributed by atoms with E-state index in [-0.39, 0.29) is 12.2 Å². The van der Waals surface area contributed by atoms with Gasteiger partial charge in [0.15, 0.2) is 0 Å². The van der Waals surface area contributed by atoms with Crippen LogP contribution in [0.25, 0.3) is 0 Å². The van der Waals surface area contributed by atoms with Crippen LogP contribution < -0.4 is 9.62 Å². The van der Waals surface area contributed by atoms with Crippen LogP contribution in [0, 0.1) is 5.82 Å². The number of hydrogen-bond acceptors (Lipinski definition) is 4. The zero-order valence-electron chi connectivity index (χ0n) is 19.0. The summed E-state index contributed by atoms with van der Waals surface area (Å²) in [5.41, 5.74) is 0.425. The summed E-state index contributed by atoms with van der Waals surface area (Å²) >= 11 is 5.94. The van der Waals surface area contributed by atoms with E-state index < -0.39 is 40.4 Å². The molecule has 0 aliphatic heterocycles. The summed E-state index contributed by atoms with van der Waals surface area (Å²) < 4.78 is 42.0. The fourth-order valence-electron chi connectivity index (χ4n) is 3.05. The highest BCUT2D eigenvalue weighted by Gasteiger charge is 2.33. The summed E-state index contributed by atoms with van der Waals surface area (Å²) in [6, 6.07) is 11.1. The number of amides is 2. The molecule has 2 aromatic rings. The van der Waals surface area contributed by atoms with E-state index >= 15 is 0 Å². The van der Waals surface area contributed by atoms with Crippen molar-refractivity contribution in [3.63, 3.8) is 0 Å². The largest absolute Gasteiger partial charge is 0.355 e. The number of anilines is 1. The lowest BCUT2D eigenvalue weighted by atomic mass is 10.1. The predicted octanol–water partition coefficient (Wildman–Crippen LogP) is 2.65. The third kappa shape index (κ3) is 6.66. The van der Waals surface area contributed by atoms with Crippen molar-refractivity contribution in [3.8, 4) is 0 Å². The molecule has 2 rings (SSSR count). The summed E-state index contributed by atoms with van der Waals surface area (Å²) in [5, 5.41) is 3.17. The number of para-hydroxylation sites is 1. The van der Waals surface area contributed by atoms with Crippen LogP contribution in [-0.2, 0) is 26.3 Å². The summed E-state index contributed by atoms with van der Waals surface area (Å²) in [5.74, 6) is -1.86. The molecule has 0 aliphatic carbocycles. The molecular formula is C22H28ClFN4O4S. The summed E-state index contributed by atoms with van der Waals surface area (Å²) in [6.07, 6.45) is 0. The second-order valence-electron chi connectivity index (χ2n) is 7.47. The van der Waals surface area contributed by atoms with Gasteiger partial charge in [-0.15, -0.1) is 0 Å². The van der Waals surface area contributed by atoms with Crippen molar-refractivity contribution < 1.29 is 22.4 Å². The first-order chi connectivity index (χ1) is 15.5. The van der Waals surface area contributed by atoms with Crippen molar-refractivity contribution in [1.82, 2.24) is 14.5 Å². The average molecular weight is 499 g/mol. The molecule has 180 valence electrons. The minimum absolute atomic E-state index is 0.0292. The Balaban J connectivity index is 2.45. The third-order valence-corrected chi connectivity index (χ3v) is 6.98. The van der Waals surface area contributed by atoms with Gasteiger partial charge in [-0.25, -0.2) is 8.70 Å². The Hall–Kier alpha value is -2.69. The van der Waals surface area contributed by atoms with Gasteiger partial charge in [-0.3, -0.25) is 9.59 Å². The number of carbonyl (C=O) groups is 2. The van der Waals surface area contributed by atoms with E-state index in [1.807, 2.05) is 0 Å². The fraction of sp³-hybridized carbons (Fsp3) is 0.364. The predicted molar refractivity (Wildman–Crippen MR) is 127 cm³/mol. The lowest BCUT2D eigenvalue weighted by Crippen LogP contribution is -2.52. The Morgan fingerprint density at radius 1 is 1.09 bits per heavy atom. The van der Waals surface area contributed by atoms with Gasteiger partial charge in [-0.05, 0) is 43.7 Å². The smallest absolute Gasteiger partial charge is 0.304 e. The molecule has 1 atom stereocenters. The van der Waals surface area contributed by atoms with Gasteiger partial charge in [0.05, 0.1) is 5.69 Å². The molecule has 0 fully saturated rings. The zero-order chi connectivity index (χ0) is 24.8. The Morgan fingerprint density at radius 2 is 1.70 bits per heavy atom. The zero-order valence-corrected chi connectivity index (χ0v) is 20.5. The first-order valence-electron chi connectivity index (χ1n) is 10.2. The minimum Gasteiger partial charge on any atom is -0.355 e. The van der Waals surface area contributed by atoms with Gasteiger partial charge in [0, 0.05) is 32.2 Å². The highest BCUT2D eigenvalue weighted by molar-refractivity contribution is 7.90. The molecule has 0 aromatic heterocycles. The normalized spacial score (nSPS) is 12.3. The van der Waals surface area contributed by atoms with Crippen molar-refractivity contribution in [2.75, 3.05) is 31.5 Å². The number of likely N-dealkylation sites (N-methyl/N-ethyl adjacent to an activating group) is 1. The molecule has 0 bridgehead atoms. The molecule has 0 radical (unpaired) electrons. The number of halogens is 2. The maximum absolute atomic E-state index is 14.5. The Bertz CT molecular complexity index is 1080. The van der Waals surface area contributed by atoms with Crippen molar-refractivity contribution in [3.05, 3.63) is 64.9 Å². The molecule has 0 saturated heterocycles. The molecule has 0 aliphatic rings. The van der Waals surface area contributed by atoms with Gasteiger partial charge in [0.2, 0.25) is 11.8 Å². The monoisotopic (exact) mass is 498 g/mol. The molecule has 33 heavy (non-hydrogen) atoms. The summed E-state index contributed by atoms with van der Waals surface area (Å²) in [7, 11) is -1.64. The topological polar surface area (TPSA) is 90.0 Å². The molecule has 2 amide bonds. The van der Waals surface area contributed by atoms with Crippen molar-refractivity contribution in [1.29, 1.82) is 0 Å². The van der Waals surface area contributed by atoms with E-state index in [1.165, 1.54) is 37.2 Å². The number of carbonyl (C=O) groups excluding carboxylic acids is 2. The molecule has 1 unspecified atom stereocenters. The minimum atomic E-state index is -4.22. The van der Waals surface area contributed by atoms with Crippen LogP contribution in [0.5, 0.6) is 0 Å². The number of hydrogen-bond donors (Lipinski definition) is 1. The van der Waals surface area contributed by atoms with E-state index in [2.05, 4.69) is 5.32 Å². The average Bonchev–Trinajstić information content (AvgIpc) is 2.77. The van der Waals surface area contributed by atoms with Crippen molar-refractivity contribution in [2.45, 2.75) is 26.4 Å². The number of nitrogens with one attached hydrogen (secondary N) is 1. The van der Waals surface area contributed by atoms with Crippen LogP contribution in [0.1, 0.15) is 19.4 Å². The molecular weight excluding hydrogens is 471 g/mol. The first-order valence-corrected chi connectivity index (χ1v) is 12.0. The molecule has 0 heterocycles. The Morgan fingerprint density at radius 3 is 2.24 bits per heavy atom. The van der Waals surface area contributed by atoms with Crippen LogP contribution in [0.3, 0.4) is 0 Å². The fourth-order valence-corrected chi connectivity index (χ4v) is 4.24. The standard InChI is InChI=1S/C22H28ClFN4O4S/c1-5-25-22(30)16(2)27(14-17-10-12-18(23)13-11-17)21(29)15-28(33(31,32)26(3)4)20-9-7-6-8-19(20)24/h6-13,16H,5,14-15H2,1-4H3,(H,25,30). The number of nitrogens with zero attached hydrogens (tertiary/aromatic N) is 3. The van der Waals surface area contributed by atoms with E-state index in [0.29, 0.717) is 21.4 Å². The van der Waals surface area contributed by atoms with Gasteiger partial charge in [0.1, 0.15) is 18.4 Å². The first kappa shape index (κ1) is 26.6. The number of benzene rings is 2. The molecule has 11 heteroatoms. The Labute approximate surface area is 199 Å². The molecule has 0 saturated carbocycles. The van der Waals surface area contributed by atoms with Gasteiger partial charge in [-0.1, -0.05) is 35.9 Å². The van der Waals surface area contributed by atoms with Gasteiger partial charge >= 0.3 is 10.2 Å².